The molecular weight excluding hydrogens is 222 g/mol. The zero-order valence-electron chi connectivity index (χ0n) is 9.08. The van der Waals surface area contributed by atoms with E-state index in [0.29, 0.717) is 6.04 Å². The van der Waals surface area contributed by atoms with Gasteiger partial charge in [0.05, 0.1) is 0 Å². The lowest BCUT2D eigenvalue weighted by Crippen LogP contribution is -2.16. The molecule has 1 saturated carbocycles. The van der Waals surface area contributed by atoms with Gasteiger partial charge in [0.25, 0.3) is 0 Å². The van der Waals surface area contributed by atoms with E-state index in [0.717, 1.165) is 5.92 Å². The van der Waals surface area contributed by atoms with Crippen molar-refractivity contribution in [1.82, 2.24) is 5.32 Å². The zero-order valence-corrected chi connectivity index (χ0v) is 10.7. The van der Waals surface area contributed by atoms with Gasteiger partial charge >= 0.3 is 0 Å². The molecule has 3 heteroatoms. The second-order valence-electron chi connectivity index (χ2n) is 4.50. The van der Waals surface area contributed by atoms with Crippen LogP contribution in [0.3, 0.4) is 0 Å². The Balaban J connectivity index is 1.87. The van der Waals surface area contributed by atoms with Crippen molar-refractivity contribution in [3.63, 3.8) is 0 Å². The van der Waals surface area contributed by atoms with Crippen molar-refractivity contribution >= 4 is 23.1 Å². The monoisotopic (exact) mass is 239 g/mol. The van der Waals surface area contributed by atoms with E-state index in [1.54, 1.807) is 15.3 Å². The molecule has 1 atom stereocenters. The van der Waals surface area contributed by atoms with Crippen molar-refractivity contribution in [3.8, 4) is 0 Å². The van der Waals surface area contributed by atoms with E-state index >= 15 is 0 Å². The minimum atomic E-state index is 0.644. The first-order chi connectivity index (χ1) is 7.38. The third kappa shape index (κ3) is 1.97. The van der Waals surface area contributed by atoms with Crippen LogP contribution in [-0.2, 0) is 12.2 Å². The summed E-state index contributed by atoms with van der Waals surface area (Å²) in [5.74, 6) is 3.48. The second kappa shape index (κ2) is 4.11. The van der Waals surface area contributed by atoms with Gasteiger partial charge in [0, 0.05) is 21.5 Å². The van der Waals surface area contributed by atoms with Gasteiger partial charge in [0.2, 0.25) is 0 Å². The molecule has 1 aromatic heterocycles. The van der Waals surface area contributed by atoms with Crippen molar-refractivity contribution in [2.75, 3.05) is 12.8 Å². The summed E-state index contributed by atoms with van der Waals surface area (Å²) in [6.45, 7) is 0. The van der Waals surface area contributed by atoms with Crippen LogP contribution in [-0.4, -0.2) is 12.8 Å². The van der Waals surface area contributed by atoms with Gasteiger partial charge in [0.1, 0.15) is 0 Å². The Labute approximate surface area is 99.7 Å². The lowest BCUT2D eigenvalue weighted by Gasteiger charge is -2.12. The van der Waals surface area contributed by atoms with Gasteiger partial charge in [-0.05, 0) is 49.6 Å². The van der Waals surface area contributed by atoms with E-state index in [-0.39, 0.29) is 0 Å². The van der Waals surface area contributed by atoms with E-state index in [4.69, 9.17) is 0 Å². The lowest BCUT2D eigenvalue weighted by atomic mass is 10.1. The minimum absolute atomic E-state index is 0.644. The fraction of sp³-hybridized carbons (Fsp3) is 0.667. The van der Waals surface area contributed by atoms with Gasteiger partial charge < -0.3 is 5.32 Å². The summed E-state index contributed by atoms with van der Waals surface area (Å²) < 4.78 is 0. The molecule has 3 rings (SSSR count). The highest BCUT2D eigenvalue weighted by molar-refractivity contribution is 7.98. The molecule has 1 aliphatic carbocycles. The molecule has 82 valence electrons. The van der Waals surface area contributed by atoms with Gasteiger partial charge in [-0.25, -0.2) is 0 Å². The Hall–Kier alpha value is 0.01000. The smallest absolute Gasteiger partial charge is 0.0441 e. The Morgan fingerprint density at radius 3 is 3.00 bits per heavy atom. The first-order valence-electron chi connectivity index (χ1n) is 5.75. The van der Waals surface area contributed by atoms with Gasteiger partial charge in [-0.2, -0.15) is 11.8 Å². The molecule has 1 aliphatic heterocycles. The maximum atomic E-state index is 3.49. The first-order valence-corrected chi connectivity index (χ1v) is 7.72. The summed E-state index contributed by atoms with van der Waals surface area (Å²) in [6.07, 6.45) is 4.14. The molecule has 0 amide bonds. The van der Waals surface area contributed by atoms with Crippen molar-refractivity contribution in [2.45, 2.75) is 31.1 Å². The summed E-state index contributed by atoms with van der Waals surface area (Å²) in [5, 5.41) is 3.49. The molecule has 1 N–H and O–H groups in total. The number of thiophene rings is 1. The highest BCUT2D eigenvalue weighted by Crippen LogP contribution is 2.44. The van der Waals surface area contributed by atoms with Crippen molar-refractivity contribution in [2.24, 2.45) is 5.92 Å². The molecule has 0 spiro atoms. The van der Waals surface area contributed by atoms with Crippen molar-refractivity contribution in [3.05, 3.63) is 21.4 Å². The molecule has 0 bridgehead atoms. The fourth-order valence-corrected chi connectivity index (χ4v) is 4.94. The molecule has 2 heterocycles. The van der Waals surface area contributed by atoms with E-state index in [2.05, 4.69) is 41.5 Å². The number of fused-ring (bicyclic) bond motifs is 1. The maximum Gasteiger partial charge on any atom is 0.0441 e. The average molecular weight is 239 g/mol. The summed E-state index contributed by atoms with van der Waals surface area (Å²) in [4.78, 5) is 3.25. The molecule has 0 radical (unpaired) electrons. The average Bonchev–Trinajstić information content (AvgIpc) is 2.99. The summed E-state index contributed by atoms with van der Waals surface area (Å²) >= 11 is 4.14. The van der Waals surface area contributed by atoms with Crippen LogP contribution in [0, 0.1) is 5.92 Å². The van der Waals surface area contributed by atoms with Crippen LogP contribution in [0.25, 0.3) is 0 Å². The van der Waals surface area contributed by atoms with Crippen LogP contribution < -0.4 is 5.32 Å². The quantitative estimate of drug-likeness (QED) is 0.869. The number of aryl methyl sites for hydroxylation is 1. The number of rotatable bonds is 3. The van der Waals surface area contributed by atoms with Gasteiger partial charge in [0.15, 0.2) is 0 Å². The normalized spacial score (nSPS) is 22.5. The number of thioether (sulfide) groups is 1. The highest BCUT2D eigenvalue weighted by atomic mass is 32.2. The molecule has 1 aromatic rings. The van der Waals surface area contributed by atoms with Crippen molar-refractivity contribution in [1.29, 1.82) is 0 Å². The first kappa shape index (κ1) is 10.2. The Kier molecular flexibility index (Phi) is 2.79. The maximum absolute atomic E-state index is 3.49. The molecule has 1 unspecified atom stereocenters. The number of hydrogen-bond acceptors (Lipinski definition) is 3. The summed E-state index contributed by atoms with van der Waals surface area (Å²) in [5.41, 5.74) is 1.62. The third-order valence-electron chi connectivity index (χ3n) is 3.36. The number of nitrogens with one attached hydrogen (secondary N) is 1. The summed E-state index contributed by atoms with van der Waals surface area (Å²) in [7, 11) is 2.11. The van der Waals surface area contributed by atoms with E-state index in [1.807, 2.05) is 0 Å². The van der Waals surface area contributed by atoms with Crippen LogP contribution in [0.1, 0.15) is 34.2 Å². The molecule has 0 aromatic carbocycles. The van der Waals surface area contributed by atoms with Crippen LogP contribution in [0.4, 0.5) is 0 Å². The van der Waals surface area contributed by atoms with Crippen LogP contribution in [0.5, 0.6) is 0 Å². The summed E-state index contributed by atoms with van der Waals surface area (Å²) in [6, 6.07) is 3.11. The predicted molar refractivity (Wildman–Crippen MR) is 68.7 cm³/mol. The lowest BCUT2D eigenvalue weighted by molar-refractivity contribution is 0.537. The predicted octanol–water partition coefficient (Wildman–Crippen LogP) is 3.21. The zero-order chi connectivity index (χ0) is 10.3. The second-order valence-corrected chi connectivity index (χ2v) is 6.78. The molecular formula is C12H17NS2. The topological polar surface area (TPSA) is 12.0 Å². The van der Waals surface area contributed by atoms with Crippen molar-refractivity contribution < 1.29 is 0 Å². The molecule has 0 saturated heterocycles. The van der Waals surface area contributed by atoms with Crippen LogP contribution in [0.15, 0.2) is 6.07 Å². The fourth-order valence-electron chi connectivity index (χ4n) is 2.36. The van der Waals surface area contributed by atoms with E-state index < -0.39 is 0 Å². The Morgan fingerprint density at radius 2 is 2.33 bits per heavy atom. The minimum Gasteiger partial charge on any atom is -0.312 e. The van der Waals surface area contributed by atoms with Crippen LogP contribution >= 0.6 is 23.1 Å². The Morgan fingerprint density at radius 1 is 1.47 bits per heavy atom. The van der Waals surface area contributed by atoms with Gasteiger partial charge in [-0.1, -0.05) is 0 Å². The highest BCUT2D eigenvalue weighted by Gasteiger charge is 2.32. The largest absolute Gasteiger partial charge is 0.312 e. The molecule has 15 heavy (non-hydrogen) atoms. The van der Waals surface area contributed by atoms with E-state index in [9.17, 15) is 0 Å². The molecule has 1 nitrogen and oxygen atoms in total. The SMILES string of the molecule is CNC(c1cc2c(s1)CCSC2)C1CC1. The van der Waals surface area contributed by atoms with Gasteiger partial charge in [-0.3, -0.25) is 0 Å². The Bertz CT molecular complexity index is 331. The third-order valence-corrected chi connectivity index (χ3v) is 5.69. The standard InChI is InChI=1S/C12H17NS2/c1-13-12(8-2-3-8)11-6-9-7-14-5-4-10(9)15-11/h6,8,12-13H,2-5,7H2,1H3. The molecule has 2 aliphatic rings. The number of hydrogen-bond donors (Lipinski definition) is 1. The van der Waals surface area contributed by atoms with Crippen LogP contribution in [0.2, 0.25) is 0 Å². The molecule has 1 fully saturated rings. The van der Waals surface area contributed by atoms with Gasteiger partial charge in [-0.15, -0.1) is 11.3 Å². The van der Waals surface area contributed by atoms with E-state index in [1.165, 1.54) is 30.8 Å².